The van der Waals surface area contributed by atoms with Crippen molar-refractivity contribution in [2.45, 2.75) is 0 Å². The summed E-state index contributed by atoms with van der Waals surface area (Å²) < 4.78 is 46.5. The molecule has 18 heteroatoms. The zero-order valence-electron chi connectivity index (χ0n) is 14.8. The number of phenols is 1. The molecule has 0 aromatic heterocycles. The maximum absolute atomic E-state index is 10.4. The third kappa shape index (κ3) is 14.1. The maximum atomic E-state index is 10.4. The molecular weight excluding hydrogens is 488 g/mol. The standard InChI is InChI=1S/C6H6N2O5S.C6H5NO3.CClNO3S/c7-14(11,12)13-6-3-1-5(2-4-6)8(9)10;8-6-3-1-5(2-4-6)7(9)10;2-7(5,6)3-1-4/h1-4H,(H2,7,11,12);1-4,8H;. The van der Waals surface area contributed by atoms with Crippen molar-refractivity contribution in [2.24, 2.45) is 9.54 Å². The third-order valence-electron chi connectivity index (χ3n) is 2.47. The van der Waals surface area contributed by atoms with Gasteiger partial charge in [0.15, 0.2) is 0 Å². The Kier molecular flexibility index (Phi) is 10.7. The van der Waals surface area contributed by atoms with Crippen molar-refractivity contribution in [3.05, 3.63) is 68.8 Å². The predicted octanol–water partition coefficient (Wildman–Crippen LogP) is 1.28. The van der Waals surface area contributed by atoms with Crippen molar-refractivity contribution in [1.82, 2.24) is 0 Å². The van der Waals surface area contributed by atoms with Gasteiger partial charge in [-0.15, -0.1) is 0 Å². The fourth-order valence-electron chi connectivity index (χ4n) is 1.38. The van der Waals surface area contributed by atoms with E-state index in [9.17, 15) is 37.1 Å². The molecule has 0 aliphatic rings. The minimum atomic E-state index is -4.08. The Hall–Kier alpha value is -3.63. The van der Waals surface area contributed by atoms with Gasteiger partial charge in [0.1, 0.15) is 11.5 Å². The molecule has 0 atom stereocenters. The van der Waals surface area contributed by atoms with Crippen molar-refractivity contribution in [3.63, 3.8) is 0 Å². The summed E-state index contributed by atoms with van der Waals surface area (Å²) in [5.74, 6) is -0.0382. The first-order chi connectivity index (χ1) is 14.1. The van der Waals surface area contributed by atoms with Gasteiger partial charge in [0.25, 0.3) is 17.5 Å². The van der Waals surface area contributed by atoms with Crippen LogP contribution in [0.25, 0.3) is 0 Å². The second-order valence-corrected chi connectivity index (χ2v) is 8.02. The Morgan fingerprint density at radius 2 is 1.32 bits per heavy atom. The molecule has 15 nitrogen and oxygen atoms in total. The molecule has 168 valence electrons. The number of rotatable bonds is 5. The molecule has 3 N–H and O–H groups in total. The number of non-ortho nitro benzene ring substituents is 2. The van der Waals surface area contributed by atoms with Gasteiger partial charge in [-0.2, -0.15) is 22.0 Å². The van der Waals surface area contributed by atoms with Gasteiger partial charge < -0.3 is 9.29 Å². The molecule has 0 amide bonds. The molecule has 0 heterocycles. The fraction of sp³-hybridized carbons (Fsp3) is 0. The number of nitro groups is 2. The van der Waals surface area contributed by atoms with Crippen LogP contribution in [-0.4, -0.2) is 37.9 Å². The molecular formula is C13H11ClN4O11S2. The van der Waals surface area contributed by atoms with E-state index in [1.54, 1.807) is 0 Å². The first-order valence-corrected chi connectivity index (χ1v) is 10.8. The van der Waals surface area contributed by atoms with E-state index in [1.807, 2.05) is 0 Å². The van der Waals surface area contributed by atoms with E-state index >= 15 is 0 Å². The Bertz CT molecular complexity index is 1160. The number of aromatic hydroxyl groups is 1. The Balaban J connectivity index is 0.000000465. The lowest BCUT2D eigenvalue weighted by Gasteiger charge is -2.00. The quantitative estimate of drug-likeness (QED) is 0.195. The smallest absolute Gasteiger partial charge is 0.380 e. The number of isocyanates is 1. The lowest BCUT2D eigenvalue weighted by molar-refractivity contribution is -0.385. The SMILES string of the molecule is NS(=O)(=O)Oc1ccc([N+](=O)[O-])cc1.O=C=NS(=O)(=O)Cl.O=[N+]([O-])c1ccc(O)cc1. The van der Waals surface area contributed by atoms with Gasteiger partial charge in [0.05, 0.1) is 9.85 Å². The summed E-state index contributed by atoms with van der Waals surface area (Å²) in [5, 5.41) is 33.6. The van der Waals surface area contributed by atoms with Crippen LogP contribution in [0.1, 0.15) is 0 Å². The Morgan fingerprint density at radius 3 is 1.58 bits per heavy atom. The Labute approximate surface area is 178 Å². The first-order valence-electron chi connectivity index (χ1n) is 7.08. The van der Waals surface area contributed by atoms with Crippen molar-refractivity contribution in [2.75, 3.05) is 0 Å². The number of phenolic OH excluding ortho intramolecular Hbond substituents is 1. The molecule has 0 saturated carbocycles. The second kappa shape index (κ2) is 12.2. The van der Waals surface area contributed by atoms with Crippen LogP contribution in [0, 0.1) is 20.2 Å². The van der Waals surface area contributed by atoms with Crippen molar-refractivity contribution in [3.8, 4) is 11.5 Å². The summed E-state index contributed by atoms with van der Waals surface area (Å²) >= 11 is 0. The summed E-state index contributed by atoms with van der Waals surface area (Å²) in [6.45, 7) is 0. The molecule has 31 heavy (non-hydrogen) atoms. The van der Waals surface area contributed by atoms with Gasteiger partial charge in [0.2, 0.25) is 0 Å². The summed E-state index contributed by atoms with van der Waals surface area (Å²) in [5.41, 5.74) is -0.176. The number of benzene rings is 2. The zero-order chi connectivity index (χ0) is 24.2. The number of halogens is 1. The van der Waals surface area contributed by atoms with Gasteiger partial charge >= 0.3 is 19.5 Å². The van der Waals surface area contributed by atoms with Gasteiger partial charge in [0, 0.05) is 34.9 Å². The lowest BCUT2D eigenvalue weighted by Crippen LogP contribution is -2.18. The largest absolute Gasteiger partial charge is 0.508 e. The van der Waals surface area contributed by atoms with E-state index in [0.717, 1.165) is 30.3 Å². The molecule has 0 spiro atoms. The van der Waals surface area contributed by atoms with Crippen LogP contribution in [0.4, 0.5) is 11.4 Å². The third-order valence-corrected chi connectivity index (χ3v) is 3.39. The van der Waals surface area contributed by atoms with Crippen LogP contribution < -0.4 is 9.32 Å². The lowest BCUT2D eigenvalue weighted by atomic mass is 10.3. The highest BCUT2D eigenvalue weighted by Crippen LogP contribution is 2.18. The number of carbonyl (C=O) groups excluding carboxylic acids is 1. The van der Waals surface area contributed by atoms with Crippen LogP contribution >= 0.6 is 10.7 Å². The predicted molar refractivity (Wildman–Crippen MR) is 104 cm³/mol. The Morgan fingerprint density at radius 1 is 0.935 bits per heavy atom. The van der Waals surface area contributed by atoms with E-state index < -0.39 is 29.4 Å². The van der Waals surface area contributed by atoms with Gasteiger partial charge in [-0.1, -0.05) is 4.40 Å². The minimum absolute atomic E-state index is 0.0159. The summed E-state index contributed by atoms with van der Waals surface area (Å²) in [7, 11) is -3.70. The van der Waals surface area contributed by atoms with Crippen molar-refractivity contribution >= 4 is 47.7 Å². The van der Waals surface area contributed by atoms with E-state index in [0.29, 0.717) is 0 Å². The normalized spacial score (nSPS) is 10.1. The van der Waals surface area contributed by atoms with E-state index in [-0.39, 0.29) is 22.9 Å². The zero-order valence-corrected chi connectivity index (χ0v) is 17.2. The van der Waals surface area contributed by atoms with Gasteiger partial charge in [-0.3, -0.25) is 20.2 Å². The number of nitrogens with zero attached hydrogens (tertiary/aromatic N) is 3. The van der Waals surface area contributed by atoms with Crippen LogP contribution in [-0.2, 0) is 24.3 Å². The molecule has 0 saturated heterocycles. The van der Waals surface area contributed by atoms with Crippen LogP contribution in [0.5, 0.6) is 11.5 Å². The number of hydrogen-bond acceptors (Lipinski definition) is 11. The topological polar surface area (TPSA) is 239 Å². The molecule has 0 fully saturated rings. The van der Waals surface area contributed by atoms with Gasteiger partial charge in [-0.05, 0) is 24.3 Å². The summed E-state index contributed by atoms with van der Waals surface area (Å²) in [4.78, 5) is 28.2. The van der Waals surface area contributed by atoms with E-state index in [1.165, 1.54) is 24.3 Å². The number of nitrogens with two attached hydrogens (primary N) is 1. The average molecular weight is 499 g/mol. The molecule has 0 bridgehead atoms. The van der Waals surface area contributed by atoms with E-state index in [2.05, 4.69) is 24.4 Å². The van der Waals surface area contributed by atoms with Crippen LogP contribution in [0.15, 0.2) is 52.9 Å². The summed E-state index contributed by atoms with van der Waals surface area (Å²) in [6, 6.07) is 9.55. The monoisotopic (exact) mass is 498 g/mol. The van der Waals surface area contributed by atoms with Crippen LogP contribution in [0.2, 0.25) is 0 Å². The molecule has 0 aliphatic carbocycles. The highest BCUT2D eigenvalue weighted by molar-refractivity contribution is 8.12. The maximum Gasteiger partial charge on any atom is 0.380 e. The first kappa shape index (κ1) is 27.4. The molecule has 0 radical (unpaired) electrons. The highest BCUT2D eigenvalue weighted by Gasteiger charge is 2.08. The second-order valence-electron chi connectivity index (χ2n) is 4.70. The molecule has 2 rings (SSSR count). The van der Waals surface area contributed by atoms with Crippen LogP contribution in [0.3, 0.4) is 0 Å². The molecule has 2 aromatic carbocycles. The molecule has 2 aromatic rings. The van der Waals surface area contributed by atoms with Gasteiger partial charge in [-0.25, -0.2) is 4.79 Å². The number of nitro benzene ring substituents is 2. The fourth-order valence-corrected chi connectivity index (χ4v) is 1.93. The average Bonchev–Trinajstić information content (AvgIpc) is 2.61. The van der Waals surface area contributed by atoms with Crippen molar-refractivity contribution in [1.29, 1.82) is 0 Å². The number of hydrogen-bond donors (Lipinski definition) is 2. The molecule has 0 unspecified atom stereocenters. The molecule has 0 aliphatic heterocycles. The summed E-state index contributed by atoms with van der Waals surface area (Å²) in [6.07, 6.45) is 0.763. The highest BCUT2D eigenvalue weighted by atomic mass is 35.7. The van der Waals surface area contributed by atoms with Crippen molar-refractivity contribution < 1.29 is 40.8 Å². The minimum Gasteiger partial charge on any atom is -0.508 e. The van der Waals surface area contributed by atoms with E-state index in [4.69, 9.17) is 9.90 Å².